The van der Waals surface area contributed by atoms with Crippen molar-refractivity contribution in [2.45, 2.75) is 43.9 Å². The minimum Gasteiger partial charge on any atom is -0.317 e. The first-order valence-electron chi connectivity index (χ1n) is 7.24. The summed E-state index contributed by atoms with van der Waals surface area (Å²) in [4.78, 5) is 13.6. The Hall–Kier alpha value is -0.700. The van der Waals surface area contributed by atoms with E-state index in [9.17, 15) is 13.2 Å². The quantitative estimate of drug-likeness (QED) is 0.847. The van der Waals surface area contributed by atoms with Crippen LogP contribution in [-0.2, 0) is 10.0 Å². The van der Waals surface area contributed by atoms with Gasteiger partial charge in [-0.2, -0.15) is 4.31 Å². The number of rotatable bonds is 5. The molecule has 0 saturated carbocycles. The van der Waals surface area contributed by atoms with Crippen molar-refractivity contribution < 1.29 is 8.42 Å². The van der Waals surface area contributed by atoms with Crippen LogP contribution in [-0.4, -0.2) is 43.4 Å². The van der Waals surface area contributed by atoms with Crippen LogP contribution in [0, 0.1) is 12.8 Å². The highest BCUT2D eigenvalue weighted by Gasteiger charge is 2.32. The SMILES string of the molecule is Cc1[nH]c(=O)sc1S(=O)(=O)N(CC1CCNCC1)C(C)C. The molecule has 0 atom stereocenters. The summed E-state index contributed by atoms with van der Waals surface area (Å²) in [6, 6.07) is -0.124. The number of nitrogens with zero attached hydrogens (tertiary/aromatic N) is 1. The highest BCUT2D eigenvalue weighted by Crippen LogP contribution is 2.25. The molecule has 2 heterocycles. The second kappa shape index (κ2) is 6.60. The molecule has 120 valence electrons. The first kappa shape index (κ1) is 16.7. The van der Waals surface area contributed by atoms with Gasteiger partial charge in [0.25, 0.3) is 10.0 Å². The predicted molar refractivity (Wildman–Crippen MR) is 84.3 cm³/mol. The third kappa shape index (κ3) is 3.74. The third-order valence-corrected chi connectivity index (χ3v) is 7.42. The van der Waals surface area contributed by atoms with Gasteiger partial charge >= 0.3 is 4.87 Å². The van der Waals surface area contributed by atoms with Crippen LogP contribution in [0.3, 0.4) is 0 Å². The Morgan fingerprint density at radius 1 is 1.33 bits per heavy atom. The van der Waals surface area contributed by atoms with Crippen molar-refractivity contribution in [3.8, 4) is 0 Å². The topological polar surface area (TPSA) is 82.3 Å². The summed E-state index contributed by atoms with van der Waals surface area (Å²) >= 11 is 0.776. The number of nitrogens with one attached hydrogen (secondary N) is 2. The van der Waals surface area contributed by atoms with Gasteiger partial charge in [0.05, 0.1) is 0 Å². The molecule has 0 unspecified atom stereocenters. The average Bonchev–Trinajstić information content (AvgIpc) is 2.76. The van der Waals surface area contributed by atoms with Gasteiger partial charge in [-0.15, -0.1) is 0 Å². The number of aryl methyl sites for hydroxylation is 1. The number of piperidine rings is 1. The van der Waals surface area contributed by atoms with Crippen LogP contribution in [0.4, 0.5) is 0 Å². The fourth-order valence-electron chi connectivity index (χ4n) is 2.65. The number of sulfonamides is 1. The minimum absolute atomic E-state index is 0.124. The number of H-pyrrole nitrogens is 1. The second-order valence-corrected chi connectivity index (χ2v) is 8.86. The molecule has 0 aliphatic carbocycles. The average molecular weight is 333 g/mol. The van der Waals surface area contributed by atoms with E-state index in [1.165, 1.54) is 4.31 Å². The summed E-state index contributed by atoms with van der Waals surface area (Å²) in [5.41, 5.74) is 0.431. The summed E-state index contributed by atoms with van der Waals surface area (Å²) in [5.74, 6) is 0.374. The summed E-state index contributed by atoms with van der Waals surface area (Å²) < 4.78 is 27.4. The molecule has 1 fully saturated rings. The van der Waals surface area contributed by atoms with Crippen molar-refractivity contribution >= 4 is 21.4 Å². The van der Waals surface area contributed by atoms with Crippen molar-refractivity contribution in [3.63, 3.8) is 0 Å². The molecule has 0 aromatic carbocycles. The summed E-state index contributed by atoms with van der Waals surface area (Å²) in [7, 11) is -3.61. The molecule has 0 spiro atoms. The van der Waals surface area contributed by atoms with E-state index in [1.54, 1.807) is 6.92 Å². The molecule has 8 heteroatoms. The third-order valence-electron chi connectivity index (χ3n) is 3.80. The highest BCUT2D eigenvalue weighted by atomic mass is 32.2. The molecule has 2 N–H and O–H groups in total. The van der Waals surface area contributed by atoms with Crippen LogP contribution in [0.1, 0.15) is 32.4 Å². The standard InChI is InChI=1S/C13H23N3O3S2/c1-9(2)16(8-11-4-6-14-7-5-11)21(18,19)12-10(3)15-13(17)20-12/h9,11,14H,4-8H2,1-3H3,(H,15,17). The van der Waals surface area contributed by atoms with Crippen LogP contribution in [0.2, 0.25) is 0 Å². The zero-order valence-electron chi connectivity index (χ0n) is 12.7. The molecule has 0 bridgehead atoms. The Labute approximate surface area is 129 Å². The number of hydrogen-bond acceptors (Lipinski definition) is 5. The van der Waals surface area contributed by atoms with Crippen LogP contribution < -0.4 is 10.2 Å². The van der Waals surface area contributed by atoms with E-state index in [0.29, 0.717) is 18.2 Å². The van der Waals surface area contributed by atoms with Gasteiger partial charge in [-0.1, -0.05) is 11.3 Å². The first-order valence-corrected chi connectivity index (χ1v) is 9.50. The van der Waals surface area contributed by atoms with E-state index in [4.69, 9.17) is 0 Å². The van der Waals surface area contributed by atoms with Gasteiger partial charge in [-0.25, -0.2) is 8.42 Å². The Kier molecular flexibility index (Phi) is 5.24. The van der Waals surface area contributed by atoms with E-state index >= 15 is 0 Å². The molecular weight excluding hydrogens is 310 g/mol. The maximum Gasteiger partial charge on any atom is 0.305 e. The summed E-state index contributed by atoms with van der Waals surface area (Å²) in [5, 5.41) is 3.29. The normalized spacial score (nSPS) is 17.8. The largest absolute Gasteiger partial charge is 0.317 e. The van der Waals surface area contributed by atoms with Gasteiger partial charge < -0.3 is 10.3 Å². The number of aromatic amines is 1. The molecule has 6 nitrogen and oxygen atoms in total. The van der Waals surface area contributed by atoms with Gasteiger partial charge in [-0.3, -0.25) is 4.79 Å². The highest BCUT2D eigenvalue weighted by molar-refractivity contribution is 7.91. The van der Waals surface area contributed by atoms with Crippen molar-refractivity contribution in [1.29, 1.82) is 0 Å². The lowest BCUT2D eigenvalue weighted by atomic mass is 9.98. The zero-order chi connectivity index (χ0) is 15.6. The monoisotopic (exact) mass is 333 g/mol. The fourth-order valence-corrected chi connectivity index (χ4v) is 5.77. The molecular formula is C13H23N3O3S2. The van der Waals surface area contributed by atoms with Gasteiger partial charge in [0, 0.05) is 18.3 Å². The van der Waals surface area contributed by atoms with Gasteiger partial charge in [0.2, 0.25) is 0 Å². The van der Waals surface area contributed by atoms with Crippen LogP contribution >= 0.6 is 11.3 Å². The maximum atomic E-state index is 12.8. The smallest absolute Gasteiger partial charge is 0.305 e. The number of aromatic nitrogens is 1. The van der Waals surface area contributed by atoms with Crippen LogP contribution in [0.25, 0.3) is 0 Å². The van der Waals surface area contributed by atoms with Gasteiger partial charge in [0.15, 0.2) is 4.21 Å². The number of hydrogen-bond donors (Lipinski definition) is 2. The van der Waals surface area contributed by atoms with Gasteiger partial charge in [0.1, 0.15) is 0 Å². The van der Waals surface area contributed by atoms with E-state index in [2.05, 4.69) is 10.3 Å². The predicted octanol–water partition coefficient (Wildman–Crippen LogP) is 1.14. The van der Waals surface area contributed by atoms with E-state index in [-0.39, 0.29) is 15.1 Å². The minimum atomic E-state index is -3.61. The lowest BCUT2D eigenvalue weighted by molar-refractivity contribution is 0.261. The molecule has 0 amide bonds. The van der Waals surface area contributed by atoms with E-state index < -0.39 is 10.0 Å². The summed E-state index contributed by atoms with van der Waals surface area (Å²) in [6.07, 6.45) is 1.97. The van der Waals surface area contributed by atoms with Crippen molar-refractivity contribution in [3.05, 3.63) is 15.4 Å². The number of thiazole rings is 1. The molecule has 1 aliphatic rings. The Balaban J connectivity index is 2.28. The Bertz CT molecular complexity index is 627. The molecule has 1 aliphatic heterocycles. The summed E-state index contributed by atoms with van der Waals surface area (Å²) in [6.45, 7) is 7.79. The lowest BCUT2D eigenvalue weighted by Gasteiger charge is -2.31. The second-order valence-electron chi connectivity index (χ2n) is 5.79. The van der Waals surface area contributed by atoms with Crippen LogP contribution in [0.5, 0.6) is 0 Å². The molecule has 1 saturated heterocycles. The van der Waals surface area contributed by atoms with Gasteiger partial charge in [-0.05, 0) is 52.6 Å². The lowest BCUT2D eigenvalue weighted by Crippen LogP contribution is -2.42. The molecule has 21 heavy (non-hydrogen) atoms. The molecule has 1 aromatic rings. The maximum absolute atomic E-state index is 12.8. The molecule has 1 aromatic heterocycles. The van der Waals surface area contributed by atoms with E-state index in [0.717, 1.165) is 37.3 Å². The van der Waals surface area contributed by atoms with Crippen molar-refractivity contribution in [2.75, 3.05) is 19.6 Å². The Morgan fingerprint density at radius 3 is 2.43 bits per heavy atom. The molecule has 0 radical (unpaired) electrons. The van der Waals surface area contributed by atoms with E-state index in [1.807, 2.05) is 13.8 Å². The zero-order valence-corrected chi connectivity index (χ0v) is 14.3. The molecule has 2 rings (SSSR count). The van der Waals surface area contributed by atoms with Crippen LogP contribution in [0.15, 0.2) is 9.00 Å². The Morgan fingerprint density at radius 2 is 1.95 bits per heavy atom. The fraction of sp³-hybridized carbons (Fsp3) is 0.769. The van der Waals surface area contributed by atoms with Crippen molar-refractivity contribution in [1.82, 2.24) is 14.6 Å². The first-order chi connectivity index (χ1) is 9.82. The van der Waals surface area contributed by atoms with Crippen molar-refractivity contribution in [2.24, 2.45) is 5.92 Å².